The Morgan fingerprint density at radius 2 is 1.90 bits per heavy atom. The summed E-state index contributed by atoms with van der Waals surface area (Å²) in [5, 5.41) is 5.54. The molecule has 2 aromatic carbocycles. The van der Waals surface area contributed by atoms with E-state index in [1.807, 2.05) is 17.0 Å². The molecule has 0 radical (unpaired) electrons. The maximum atomic E-state index is 12.9. The van der Waals surface area contributed by atoms with Crippen molar-refractivity contribution in [2.45, 2.75) is 26.8 Å². The number of amides is 1. The smallest absolute Gasteiger partial charge is 0.241 e. The number of hydrogen-bond donors (Lipinski definition) is 1. The Bertz CT molecular complexity index is 1090. The molecule has 5 nitrogen and oxygen atoms in total. The number of anilines is 1. The minimum Gasteiger partial charge on any atom is -0.347 e. The second-order valence-corrected chi connectivity index (χ2v) is 8.75. The van der Waals surface area contributed by atoms with Gasteiger partial charge < -0.3 is 14.8 Å². The van der Waals surface area contributed by atoms with Crippen LogP contribution in [0.3, 0.4) is 0 Å². The van der Waals surface area contributed by atoms with E-state index in [-0.39, 0.29) is 13.3 Å². The van der Waals surface area contributed by atoms with E-state index in [0.29, 0.717) is 6.54 Å². The van der Waals surface area contributed by atoms with E-state index in [1.54, 1.807) is 0 Å². The zero-order valence-corrected chi connectivity index (χ0v) is 18.1. The fourth-order valence-corrected chi connectivity index (χ4v) is 4.91. The van der Waals surface area contributed by atoms with Crippen LogP contribution in [0.1, 0.15) is 24.2 Å². The molecule has 1 aromatic heterocycles. The first kappa shape index (κ1) is 21.9. The molecule has 1 saturated heterocycles. The van der Waals surface area contributed by atoms with Gasteiger partial charge in [-0.25, -0.2) is 0 Å². The van der Waals surface area contributed by atoms with Crippen LogP contribution in [-0.2, 0) is 31.2 Å². The monoisotopic (exact) mass is 438 g/mol. The summed E-state index contributed by atoms with van der Waals surface area (Å²) in [6.45, 7) is 4.94. The summed E-state index contributed by atoms with van der Waals surface area (Å²) in [5.41, 5.74) is 6.31. The highest BCUT2D eigenvalue weighted by atomic mass is 35.5. The average Bonchev–Trinajstić information content (AvgIpc) is 3.05. The zero-order chi connectivity index (χ0) is 20.7. The predicted octanol–water partition coefficient (Wildman–Crippen LogP) is 4.00. The van der Waals surface area contributed by atoms with Crippen molar-refractivity contribution in [1.82, 2.24) is 14.8 Å². The highest BCUT2D eigenvalue weighted by molar-refractivity contribution is 6.30. The number of halogens is 1. The molecule has 3 aromatic rings. The van der Waals surface area contributed by atoms with Gasteiger partial charge in [0.15, 0.2) is 0 Å². The molecule has 6 heteroatoms. The summed E-state index contributed by atoms with van der Waals surface area (Å²) >= 11 is 5.96. The van der Waals surface area contributed by atoms with Crippen LogP contribution in [0.15, 0.2) is 42.5 Å². The molecule has 2 aliphatic heterocycles. The largest absolute Gasteiger partial charge is 0.347 e. The second kappa shape index (κ2) is 9.03. The van der Waals surface area contributed by atoms with Crippen LogP contribution in [0.25, 0.3) is 10.9 Å². The molecular weight excluding hydrogens is 408 g/mol. The summed E-state index contributed by atoms with van der Waals surface area (Å²) in [6, 6.07) is 14.5. The molecule has 0 atom stereocenters. The first-order valence-corrected chi connectivity index (χ1v) is 11.1. The van der Waals surface area contributed by atoms with E-state index in [1.165, 1.54) is 27.7 Å². The standard InChI is InChI=1S/C24H27ClN4O.CH4/c1-27-22-8-10-26-15-21(22)20-7-6-19(14-23(20)27)29-13-12-28(16-24(29)30)11-9-17-2-4-18(25)5-3-17;/h2-7,14,26H,8-13,15-16H2,1H3;1H4. The average molecular weight is 439 g/mol. The van der Waals surface area contributed by atoms with Gasteiger partial charge in [-0.1, -0.05) is 37.2 Å². The quantitative estimate of drug-likeness (QED) is 0.669. The summed E-state index contributed by atoms with van der Waals surface area (Å²) in [7, 11) is 2.15. The van der Waals surface area contributed by atoms with Gasteiger partial charge in [0.05, 0.1) is 12.1 Å². The number of nitrogens with one attached hydrogen (secondary N) is 1. The van der Waals surface area contributed by atoms with E-state index in [4.69, 9.17) is 11.6 Å². The molecule has 164 valence electrons. The summed E-state index contributed by atoms with van der Waals surface area (Å²) < 4.78 is 2.31. The lowest BCUT2D eigenvalue weighted by Crippen LogP contribution is -2.50. The summed E-state index contributed by atoms with van der Waals surface area (Å²) in [6.07, 6.45) is 1.99. The van der Waals surface area contributed by atoms with Crippen LogP contribution < -0.4 is 10.2 Å². The van der Waals surface area contributed by atoms with Crippen LogP contribution in [0, 0.1) is 0 Å². The molecule has 5 rings (SSSR count). The molecule has 1 amide bonds. The van der Waals surface area contributed by atoms with Crippen LogP contribution in [0.4, 0.5) is 5.69 Å². The molecular formula is C25H31ClN4O. The zero-order valence-electron chi connectivity index (χ0n) is 17.3. The van der Waals surface area contributed by atoms with Gasteiger partial charge in [-0.2, -0.15) is 0 Å². The minimum absolute atomic E-state index is 0. The third-order valence-corrected chi connectivity index (χ3v) is 6.75. The van der Waals surface area contributed by atoms with Gasteiger partial charge in [-0.05, 0) is 41.8 Å². The van der Waals surface area contributed by atoms with Crippen LogP contribution in [0.2, 0.25) is 5.02 Å². The first-order chi connectivity index (χ1) is 14.6. The fourth-order valence-electron chi connectivity index (χ4n) is 4.78. The lowest BCUT2D eigenvalue weighted by Gasteiger charge is -2.34. The molecule has 0 bridgehead atoms. The van der Waals surface area contributed by atoms with Crippen LogP contribution in [0.5, 0.6) is 0 Å². The van der Waals surface area contributed by atoms with Gasteiger partial charge in [0.25, 0.3) is 0 Å². The maximum Gasteiger partial charge on any atom is 0.241 e. The van der Waals surface area contributed by atoms with E-state index in [0.717, 1.165) is 56.3 Å². The van der Waals surface area contributed by atoms with Gasteiger partial charge in [-0.3, -0.25) is 9.69 Å². The molecule has 3 heterocycles. The Balaban J connectivity index is 0.00000231. The van der Waals surface area contributed by atoms with Crippen molar-refractivity contribution in [2.75, 3.05) is 37.6 Å². The molecule has 31 heavy (non-hydrogen) atoms. The van der Waals surface area contributed by atoms with Gasteiger partial charge in [0.2, 0.25) is 5.91 Å². The molecule has 0 saturated carbocycles. The topological polar surface area (TPSA) is 40.5 Å². The Labute approximate surface area is 189 Å². The molecule has 1 N–H and O–H groups in total. The molecule has 0 spiro atoms. The Hall–Kier alpha value is -2.34. The number of benzene rings is 2. The number of piperazine rings is 1. The third kappa shape index (κ3) is 4.22. The maximum absolute atomic E-state index is 12.9. The van der Waals surface area contributed by atoms with Crippen LogP contribution in [-0.4, -0.2) is 48.1 Å². The van der Waals surface area contributed by atoms with Crippen molar-refractivity contribution in [1.29, 1.82) is 0 Å². The van der Waals surface area contributed by atoms with Crippen molar-refractivity contribution in [3.05, 3.63) is 64.3 Å². The van der Waals surface area contributed by atoms with Crippen molar-refractivity contribution in [3.63, 3.8) is 0 Å². The van der Waals surface area contributed by atoms with E-state index in [2.05, 4.69) is 52.2 Å². The number of nitrogens with zero attached hydrogens (tertiary/aromatic N) is 3. The number of rotatable bonds is 4. The Morgan fingerprint density at radius 1 is 1.10 bits per heavy atom. The molecule has 1 fully saturated rings. The number of aromatic nitrogens is 1. The normalized spacial score (nSPS) is 17.0. The second-order valence-electron chi connectivity index (χ2n) is 8.31. The molecule has 0 unspecified atom stereocenters. The first-order valence-electron chi connectivity index (χ1n) is 10.7. The van der Waals surface area contributed by atoms with E-state index >= 15 is 0 Å². The summed E-state index contributed by atoms with van der Waals surface area (Å²) in [5.74, 6) is 0.178. The van der Waals surface area contributed by atoms with E-state index in [9.17, 15) is 4.79 Å². The van der Waals surface area contributed by atoms with E-state index < -0.39 is 0 Å². The summed E-state index contributed by atoms with van der Waals surface area (Å²) in [4.78, 5) is 17.1. The molecule has 0 aliphatic carbocycles. The van der Waals surface area contributed by atoms with Crippen molar-refractivity contribution < 1.29 is 4.79 Å². The fraction of sp³-hybridized carbons (Fsp3) is 0.400. The lowest BCUT2D eigenvalue weighted by atomic mass is 10.1. The number of fused-ring (bicyclic) bond motifs is 3. The minimum atomic E-state index is 0. The van der Waals surface area contributed by atoms with Crippen molar-refractivity contribution in [2.24, 2.45) is 7.05 Å². The van der Waals surface area contributed by atoms with Gasteiger partial charge in [-0.15, -0.1) is 0 Å². The highest BCUT2D eigenvalue weighted by Crippen LogP contribution is 2.31. The van der Waals surface area contributed by atoms with Gasteiger partial charge >= 0.3 is 0 Å². The molecule has 2 aliphatic rings. The number of hydrogen-bond acceptors (Lipinski definition) is 3. The number of carbonyl (C=O) groups excluding carboxylic acids is 1. The predicted molar refractivity (Wildman–Crippen MR) is 129 cm³/mol. The number of aryl methyl sites for hydroxylation is 1. The van der Waals surface area contributed by atoms with Crippen molar-refractivity contribution >= 4 is 34.1 Å². The lowest BCUT2D eigenvalue weighted by molar-refractivity contribution is -0.121. The number of carbonyl (C=O) groups is 1. The van der Waals surface area contributed by atoms with Gasteiger partial charge in [0.1, 0.15) is 0 Å². The SMILES string of the molecule is C.Cn1c2c(c3ccc(N4CCN(CCc5ccc(Cl)cc5)CC4=O)cc31)CNCC2. The Kier molecular flexibility index (Phi) is 6.37. The highest BCUT2D eigenvalue weighted by Gasteiger charge is 2.26. The van der Waals surface area contributed by atoms with Gasteiger partial charge in [0, 0.05) is 68.0 Å². The van der Waals surface area contributed by atoms with Crippen molar-refractivity contribution in [3.8, 4) is 0 Å². The van der Waals surface area contributed by atoms with Crippen LogP contribution >= 0.6 is 11.6 Å². The third-order valence-electron chi connectivity index (χ3n) is 6.50. The Morgan fingerprint density at radius 3 is 2.68 bits per heavy atom.